The highest BCUT2D eigenvalue weighted by Gasteiger charge is 2.20. The third kappa shape index (κ3) is 5.15. The van der Waals surface area contributed by atoms with Crippen molar-refractivity contribution in [2.75, 3.05) is 43.8 Å². The smallest absolute Gasteiger partial charge is 0.321 e. The fraction of sp³-hybridized carbons (Fsp3) is 0.250. The Morgan fingerprint density at radius 3 is 2.33 bits per heavy atom. The van der Waals surface area contributed by atoms with Gasteiger partial charge in [-0.25, -0.2) is 9.78 Å². The summed E-state index contributed by atoms with van der Waals surface area (Å²) in [5.74, 6) is 0.535. The van der Waals surface area contributed by atoms with E-state index in [4.69, 9.17) is 5.73 Å². The standard InChI is InChI=1S/C24H27N5O/c25-23-8-4-7-22(27-23)20-11-9-19(10-12-20)13-14-28-15-17-29(18-16-28)24(30)26-21-5-2-1-3-6-21/h1-12H,13-18H2,(H2,25,27)(H,26,30). The van der Waals surface area contributed by atoms with Gasteiger partial charge in [-0.15, -0.1) is 0 Å². The van der Waals surface area contributed by atoms with Crippen LogP contribution in [0.1, 0.15) is 5.56 Å². The zero-order chi connectivity index (χ0) is 20.8. The second-order valence-electron chi connectivity index (χ2n) is 7.52. The summed E-state index contributed by atoms with van der Waals surface area (Å²) in [5.41, 5.74) is 9.88. The van der Waals surface area contributed by atoms with Crippen LogP contribution in [0.3, 0.4) is 0 Å². The van der Waals surface area contributed by atoms with Gasteiger partial charge in [-0.3, -0.25) is 4.90 Å². The minimum Gasteiger partial charge on any atom is -0.384 e. The molecule has 0 saturated carbocycles. The summed E-state index contributed by atoms with van der Waals surface area (Å²) in [6, 6.07) is 23.8. The molecule has 2 amide bonds. The van der Waals surface area contributed by atoms with Gasteiger partial charge in [0.2, 0.25) is 0 Å². The summed E-state index contributed by atoms with van der Waals surface area (Å²) in [4.78, 5) is 21.1. The van der Waals surface area contributed by atoms with E-state index in [0.717, 1.165) is 56.1 Å². The fourth-order valence-corrected chi connectivity index (χ4v) is 3.64. The van der Waals surface area contributed by atoms with Crippen molar-refractivity contribution < 1.29 is 4.79 Å². The van der Waals surface area contributed by atoms with E-state index in [2.05, 4.69) is 39.5 Å². The molecule has 6 nitrogen and oxygen atoms in total. The number of hydrogen-bond acceptors (Lipinski definition) is 4. The number of benzene rings is 2. The van der Waals surface area contributed by atoms with Crippen molar-refractivity contribution in [3.63, 3.8) is 0 Å². The summed E-state index contributed by atoms with van der Waals surface area (Å²) in [7, 11) is 0. The average molecular weight is 402 g/mol. The van der Waals surface area contributed by atoms with Crippen LogP contribution in [0, 0.1) is 0 Å². The summed E-state index contributed by atoms with van der Waals surface area (Å²) < 4.78 is 0. The molecule has 0 radical (unpaired) electrons. The van der Waals surface area contributed by atoms with E-state index < -0.39 is 0 Å². The van der Waals surface area contributed by atoms with E-state index in [1.807, 2.05) is 47.4 Å². The predicted octanol–water partition coefficient (Wildman–Crippen LogP) is 3.72. The number of urea groups is 1. The third-order valence-corrected chi connectivity index (χ3v) is 5.42. The minimum atomic E-state index is -0.0217. The highest BCUT2D eigenvalue weighted by atomic mass is 16.2. The number of nitrogens with two attached hydrogens (primary N) is 1. The lowest BCUT2D eigenvalue weighted by Gasteiger charge is -2.34. The lowest BCUT2D eigenvalue weighted by Crippen LogP contribution is -2.50. The number of aromatic nitrogens is 1. The molecule has 1 aliphatic heterocycles. The normalized spacial score (nSPS) is 14.5. The molecule has 6 heteroatoms. The second-order valence-corrected chi connectivity index (χ2v) is 7.52. The number of carbonyl (C=O) groups excluding carboxylic acids is 1. The molecule has 2 aromatic carbocycles. The van der Waals surface area contributed by atoms with Crippen molar-refractivity contribution in [2.24, 2.45) is 0 Å². The number of hydrogen-bond donors (Lipinski definition) is 2. The van der Waals surface area contributed by atoms with Crippen LogP contribution in [-0.2, 0) is 6.42 Å². The molecule has 3 aromatic rings. The molecule has 1 saturated heterocycles. The first-order chi connectivity index (χ1) is 14.7. The zero-order valence-electron chi connectivity index (χ0n) is 17.0. The number of pyridine rings is 1. The second kappa shape index (κ2) is 9.41. The van der Waals surface area contributed by atoms with Gasteiger partial charge in [-0.2, -0.15) is 0 Å². The van der Waals surface area contributed by atoms with E-state index in [0.29, 0.717) is 5.82 Å². The van der Waals surface area contributed by atoms with Crippen molar-refractivity contribution in [2.45, 2.75) is 6.42 Å². The summed E-state index contributed by atoms with van der Waals surface area (Å²) >= 11 is 0. The third-order valence-electron chi connectivity index (χ3n) is 5.42. The fourth-order valence-electron chi connectivity index (χ4n) is 3.64. The highest BCUT2D eigenvalue weighted by molar-refractivity contribution is 5.89. The lowest BCUT2D eigenvalue weighted by atomic mass is 10.1. The first-order valence-corrected chi connectivity index (χ1v) is 10.3. The molecular formula is C24H27N5O. The number of carbonyl (C=O) groups is 1. The van der Waals surface area contributed by atoms with Crippen molar-refractivity contribution >= 4 is 17.5 Å². The van der Waals surface area contributed by atoms with Crippen molar-refractivity contribution in [3.05, 3.63) is 78.4 Å². The molecule has 2 heterocycles. The number of piperazine rings is 1. The Labute approximate surface area is 177 Å². The summed E-state index contributed by atoms with van der Waals surface area (Å²) in [6.45, 7) is 4.28. The highest BCUT2D eigenvalue weighted by Crippen LogP contribution is 2.19. The maximum Gasteiger partial charge on any atom is 0.321 e. The van der Waals surface area contributed by atoms with Crippen LogP contribution in [0.25, 0.3) is 11.3 Å². The van der Waals surface area contributed by atoms with Crippen LogP contribution in [-0.4, -0.2) is 53.5 Å². The number of nitrogens with zero attached hydrogens (tertiary/aromatic N) is 3. The molecule has 154 valence electrons. The van der Waals surface area contributed by atoms with Gasteiger partial charge in [0.15, 0.2) is 0 Å². The van der Waals surface area contributed by atoms with Crippen LogP contribution < -0.4 is 11.1 Å². The quantitative estimate of drug-likeness (QED) is 0.683. The summed E-state index contributed by atoms with van der Waals surface area (Å²) in [5, 5.41) is 2.96. The van der Waals surface area contributed by atoms with Gasteiger partial charge in [-0.1, -0.05) is 48.5 Å². The molecule has 0 spiro atoms. The largest absolute Gasteiger partial charge is 0.384 e. The molecule has 1 aliphatic rings. The van der Waals surface area contributed by atoms with Gasteiger partial charge in [-0.05, 0) is 36.2 Å². The Balaban J connectivity index is 1.23. The van der Waals surface area contributed by atoms with Crippen LogP contribution in [0.5, 0.6) is 0 Å². The number of anilines is 2. The van der Waals surface area contributed by atoms with Gasteiger partial charge >= 0.3 is 6.03 Å². The van der Waals surface area contributed by atoms with E-state index >= 15 is 0 Å². The van der Waals surface area contributed by atoms with E-state index in [1.165, 1.54) is 5.56 Å². The van der Waals surface area contributed by atoms with Crippen LogP contribution in [0.4, 0.5) is 16.3 Å². The molecule has 3 N–H and O–H groups in total. The topological polar surface area (TPSA) is 74.5 Å². The maximum absolute atomic E-state index is 12.4. The van der Waals surface area contributed by atoms with Crippen LogP contribution >= 0.6 is 0 Å². The van der Waals surface area contributed by atoms with Crippen molar-refractivity contribution in [1.29, 1.82) is 0 Å². The molecule has 0 aliphatic carbocycles. The molecule has 0 bridgehead atoms. The van der Waals surface area contributed by atoms with Crippen LogP contribution in [0.15, 0.2) is 72.8 Å². The van der Waals surface area contributed by atoms with E-state index in [-0.39, 0.29) is 6.03 Å². The number of nitrogens with one attached hydrogen (secondary N) is 1. The Hall–Kier alpha value is -3.38. The minimum absolute atomic E-state index is 0.0217. The maximum atomic E-state index is 12.4. The molecule has 1 aromatic heterocycles. The number of para-hydroxylation sites is 1. The molecule has 1 fully saturated rings. The molecule has 0 atom stereocenters. The van der Waals surface area contributed by atoms with Gasteiger partial charge < -0.3 is 16.0 Å². The SMILES string of the molecule is Nc1cccc(-c2ccc(CCN3CCN(C(=O)Nc4ccccc4)CC3)cc2)n1. The number of nitrogen functional groups attached to an aromatic ring is 1. The lowest BCUT2D eigenvalue weighted by molar-refractivity contribution is 0.148. The van der Waals surface area contributed by atoms with E-state index in [9.17, 15) is 4.79 Å². The predicted molar refractivity (Wildman–Crippen MR) is 121 cm³/mol. The summed E-state index contributed by atoms with van der Waals surface area (Å²) in [6.07, 6.45) is 0.987. The van der Waals surface area contributed by atoms with Gasteiger partial charge in [0.25, 0.3) is 0 Å². The molecule has 0 unspecified atom stereocenters. The first-order valence-electron chi connectivity index (χ1n) is 10.3. The average Bonchev–Trinajstić information content (AvgIpc) is 2.79. The molecule has 4 rings (SSSR count). The van der Waals surface area contributed by atoms with Crippen molar-refractivity contribution in [3.8, 4) is 11.3 Å². The molecular weight excluding hydrogens is 374 g/mol. The number of rotatable bonds is 5. The molecule has 30 heavy (non-hydrogen) atoms. The Morgan fingerprint density at radius 1 is 0.900 bits per heavy atom. The Bertz CT molecular complexity index is 966. The monoisotopic (exact) mass is 401 g/mol. The Kier molecular flexibility index (Phi) is 6.25. The van der Waals surface area contributed by atoms with Gasteiger partial charge in [0.05, 0.1) is 5.69 Å². The van der Waals surface area contributed by atoms with Crippen LogP contribution in [0.2, 0.25) is 0 Å². The Morgan fingerprint density at radius 2 is 1.63 bits per heavy atom. The van der Waals surface area contributed by atoms with Gasteiger partial charge in [0, 0.05) is 44.0 Å². The first kappa shape index (κ1) is 19.9. The van der Waals surface area contributed by atoms with Crippen molar-refractivity contribution in [1.82, 2.24) is 14.8 Å². The zero-order valence-corrected chi connectivity index (χ0v) is 17.0. The number of amides is 2. The van der Waals surface area contributed by atoms with E-state index in [1.54, 1.807) is 6.07 Å². The van der Waals surface area contributed by atoms with Gasteiger partial charge in [0.1, 0.15) is 5.82 Å².